The molecule has 1 aliphatic heterocycles. The van der Waals surface area contributed by atoms with Crippen LogP contribution >= 0.6 is 12.2 Å². The SMILES string of the molecule is CCOC(=O)C1C(C)=NC(=S)NC1c1ccc(OC)c(OC)c1. The number of hydrogen-bond donors (Lipinski definition) is 1. The van der Waals surface area contributed by atoms with Crippen LogP contribution in [0.3, 0.4) is 0 Å². The van der Waals surface area contributed by atoms with Crippen molar-refractivity contribution in [3.05, 3.63) is 23.8 Å². The van der Waals surface area contributed by atoms with Gasteiger partial charge in [0.2, 0.25) is 0 Å². The molecule has 1 aliphatic rings. The molecule has 1 aromatic rings. The zero-order chi connectivity index (χ0) is 17.0. The van der Waals surface area contributed by atoms with Crippen molar-refractivity contribution < 1.29 is 19.0 Å². The van der Waals surface area contributed by atoms with Crippen molar-refractivity contribution in [2.75, 3.05) is 20.8 Å². The zero-order valence-corrected chi connectivity index (χ0v) is 14.4. The van der Waals surface area contributed by atoms with Gasteiger partial charge in [-0.3, -0.25) is 4.79 Å². The lowest BCUT2D eigenvalue weighted by Gasteiger charge is -2.31. The average molecular weight is 336 g/mol. The molecule has 6 nitrogen and oxygen atoms in total. The van der Waals surface area contributed by atoms with Gasteiger partial charge < -0.3 is 19.5 Å². The highest BCUT2D eigenvalue weighted by molar-refractivity contribution is 7.80. The van der Waals surface area contributed by atoms with Gasteiger partial charge in [0, 0.05) is 5.71 Å². The first kappa shape index (κ1) is 17.2. The van der Waals surface area contributed by atoms with Crippen LogP contribution in [0.4, 0.5) is 0 Å². The summed E-state index contributed by atoms with van der Waals surface area (Å²) in [6.45, 7) is 3.87. The van der Waals surface area contributed by atoms with Crippen LogP contribution < -0.4 is 14.8 Å². The third-order valence-corrected chi connectivity index (χ3v) is 3.86. The van der Waals surface area contributed by atoms with Crippen LogP contribution in [0.15, 0.2) is 23.2 Å². The van der Waals surface area contributed by atoms with Crippen molar-refractivity contribution in [2.24, 2.45) is 10.9 Å². The van der Waals surface area contributed by atoms with Gasteiger partial charge in [0.15, 0.2) is 16.6 Å². The van der Waals surface area contributed by atoms with Crippen LogP contribution in [0.2, 0.25) is 0 Å². The van der Waals surface area contributed by atoms with E-state index in [-0.39, 0.29) is 12.0 Å². The molecule has 0 aliphatic carbocycles. The van der Waals surface area contributed by atoms with Crippen molar-refractivity contribution in [2.45, 2.75) is 19.9 Å². The van der Waals surface area contributed by atoms with Crippen molar-refractivity contribution in [3.8, 4) is 11.5 Å². The van der Waals surface area contributed by atoms with Gasteiger partial charge in [-0.15, -0.1) is 0 Å². The molecular weight excluding hydrogens is 316 g/mol. The molecule has 0 saturated carbocycles. The quantitative estimate of drug-likeness (QED) is 0.657. The number of benzene rings is 1. The standard InChI is InChI=1S/C16H20N2O4S/c1-5-22-15(19)13-9(2)17-16(23)18-14(13)10-6-7-11(20-3)12(8-10)21-4/h6-8,13-14H,5H2,1-4H3,(H,18,23). The lowest BCUT2D eigenvalue weighted by molar-refractivity contribution is -0.146. The number of hydrogen-bond acceptors (Lipinski definition) is 5. The second-order valence-corrected chi connectivity index (χ2v) is 5.41. The topological polar surface area (TPSA) is 69.2 Å². The van der Waals surface area contributed by atoms with E-state index < -0.39 is 5.92 Å². The Labute approximate surface area is 140 Å². The van der Waals surface area contributed by atoms with Gasteiger partial charge in [0.25, 0.3) is 0 Å². The Morgan fingerprint density at radius 1 is 1.30 bits per heavy atom. The Morgan fingerprint density at radius 3 is 2.61 bits per heavy atom. The van der Waals surface area contributed by atoms with E-state index in [0.29, 0.717) is 28.9 Å². The Balaban J connectivity index is 2.43. The summed E-state index contributed by atoms with van der Waals surface area (Å²) in [5, 5.41) is 3.44. The van der Waals surface area contributed by atoms with E-state index in [0.717, 1.165) is 5.56 Å². The fraction of sp³-hybridized carbons (Fsp3) is 0.438. The number of esters is 1. The minimum atomic E-state index is -0.542. The van der Waals surface area contributed by atoms with E-state index >= 15 is 0 Å². The molecular formula is C16H20N2O4S. The van der Waals surface area contributed by atoms with Crippen molar-refractivity contribution in [1.82, 2.24) is 5.32 Å². The van der Waals surface area contributed by atoms with Crippen LogP contribution in [0, 0.1) is 5.92 Å². The highest BCUT2D eigenvalue weighted by atomic mass is 32.1. The minimum absolute atomic E-state index is 0.311. The molecule has 0 amide bonds. The first-order valence-corrected chi connectivity index (χ1v) is 7.66. The molecule has 23 heavy (non-hydrogen) atoms. The maximum atomic E-state index is 12.3. The van der Waals surface area contributed by atoms with Crippen LogP contribution in [-0.2, 0) is 9.53 Å². The summed E-state index contributed by atoms with van der Waals surface area (Å²) >= 11 is 5.17. The molecule has 0 aromatic heterocycles. The zero-order valence-electron chi connectivity index (χ0n) is 13.6. The third kappa shape index (κ3) is 3.61. The van der Waals surface area contributed by atoms with Gasteiger partial charge in [-0.1, -0.05) is 6.07 Å². The molecule has 2 atom stereocenters. The van der Waals surface area contributed by atoms with Crippen molar-refractivity contribution in [3.63, 3.8) is 0 Å². The molecule has 0 bridgehead atoms. The fourth-order valence-electron chi connectivity index (χ4n) is 2.58. The normalized spacial score (nSPS) is 20.3. The smallest absolute Gasteiger partial charge is 0.317 e. The van der Waals surface area contributed by atoms with E-state index in [1.807, 2.05) is 12.1 Å². The summed E-state index contributed by atoms with van der Waals surface area (Å²) in [5.74, 6) is 0.330. The van der Waals surface area contributed by atoms with Crippen LogP contribution in [-0.4, -0.2) is 37.6 Å². The molecule has 1 heterocycles. The Kier molecular flexibility index (Phi) is 5.54. The third-order valence-electron chi connectivity index (χ3n) is 3.65. The number of rotatable bonds is 5. The first-order valence-electron chi connectivity index (χ1n) is 7.26. The average Bonchev–Trinajstić information content (AvgIpc) is 2.53. The van der Waals surface area contributed by atoms with E-state index in [1.54, 1.807) is 34.1 Å². The fourth-order valence-corrected chi connectivity index (χ4v) is 2.85. The number of nitrogens with zero attached hydrogens (tertiary/aromatic N) is 1. The molecule has 0 fully saturated rings. The maximum Gasteiger partial charge on any atom is 0.317 e. The molecule has 124 valence electrons. The molecule has 1 aromatic carbocycles. The van der Waals surface area contributed by atoms with Gasteiger partial charge in [0.05, 0.1) is 26.9 Å². The van der Waals surface area contributed by atoms with E-state index in [2.05, 4.69) is 10.3 Å². The predicted octanol–water partition coefficient (Wildman–Crippen LogP) is 2.27. The number of thiocarbonyl (C=S) groups is 1. The highest BCUT2D eigenvalue weighted by Crippen LogP contribution is 2.34. The maximum absolute atomic E-state index is 12.3. The lowest BCUT2D eigenvalue weighted by atomic mass is 9.88. The lowest BCUT2D eigenvalue weighted by Crippen LogP contribution is -2.44. The Bertz CT molecular complexity index is 645. The molecule has 0 radical (unpaired) electrons. The molecule has 7 heteroatoms. The summed E-state index contributed by atoms with van der Waals surface area (Å²) < 4.78 is 15.8. The van der Waals surface area contributed by atoms with Crippen molar-refractivity contribution in [1.29, 1.82) is 0 Å². The number of carbonyl (C=O) groups excluding carboxylic acids is 1. The summed E-state index contributed by atoms with van der Waals surface area (Å²) in [7, 11) is 3.14. The number of aliphatic imine (C=N–C) groups is 1. The summed E-state index contributed by atoms with van der Waals surface area (Å²) in [5.41, 5.74) is 1.48. The second kappa shape index (κ2) is 7.41. The molecule has 2 unspecified atom stereocenters. The number of ether oxygens (including phenoxy) is 3. The number of nitrogens with one attached hydrogen (secondary N) is 1. The second-order valence-electron chi connectivity index (χ2n) is 5.02. The van der Waals surface area contributed by atoms with Crippen molar-refractivity contribution >= 4 is 29.0 Å². The molecule has 2 rings (SSSR count). The molecule has 0 spiro atoms. The first-order chi connectivity index (χ1) is 11.0. The molecule has 0 saturated heterocycles. The summed E-state index contributed by atoms with van der Waals surface area (Å²) in [4.78, 5) is 16.5. The van der Waals surface area contributed by atoms with Crippen LogP contribution in [0.5, 0.6) is 11.5 Å². The predicted molar refractivity (Wildman–Crippen MR) is 91.3 cm³/mol. The highest BCUT2D eigenvalue weighted by Gasteiger charge is 2.37. The monoisotopic (exact) mass is 336 g/mol. The molecule has 1 N–H and O–H groups in total. The summed E-state index contributed by atoms with van der Waals surface area (Å²) in [6, 6.07) is 5.12. The Morgan fingerprint density at radius 2 is 2.00 bits per heavy atom. The van der Waals surface area contributed by atoms with Crippen LogP contribution in [0.1, 0.15) is 25.5 Å². The van der Waals surface area contributed by atoms with E-state index in [9.17, 15) is 4.79 Å². The van der Waals surface area contributed by atoms with E-state index in [4.69, 9.17) is 26.4 Å². The largest absolute Gasteiger partial charge is 0.493 e. The van der Waals surface area contributed by atoms with Gasteiger partial charge in [0.1, 0.15) is 5.92 Å². The van der Waals surface area contributed by atoms with Gasteiger partial charge in [-0.25, -0.2) is 4.99 Å². The number of methoxy groups -OCH3 is 2. The van der Waals surface area contributed by atoms with Gasteiger partial charge >= 0.3 is 5.97 Å². The van der Waals surface area contributed by atoms with Gasteiger partial charge in [-0.05, 0) is 43.8 Å². The summed E-state index contributed by atoms with van der Waals surface area (Å²) in [6.07, 6.45) is 0. The minimum Gasteiger partial charge on any atom is -0.493 e. The van der Waals surface area contributed by atoms with E-state index in [1.165, 1.54) is 0 Å². The Hall–Kier alpha value is -2.15. The van der Waals surface area contributed by atoms with Gasteiger partial charge in [-0.2, -0.15) is 0 Å². The van der Waals surface area contributed by atoms with Crippen LogP contribution in [0.25, 0.3) is 0 Å². The number of carbonyl (C=O) groups is 1.